The second kappa shape index (κ2) is 8.93. The van der Waals surface area contributed by atoms with Crippen LogP contribution in [-0.2, 0) is 18.2 Å². The predicted octanol–water partition coefficient (Wildman–Crippen LogP) is 6.51. The van der Waals surface area contributed by atoms with Gasteiger partial charge in [-0.05, 0) is 39.7 Å². The minimum atomic E-state index is -1.09. The largest absolute Gasteiger partial charge is 0.472 e. The molecule has 0 radical (unpaired) electrons. The van der Waals surface area contributed by atoms with E-state index in [2.05, 4.69) is 69.5 Å². The van der Waals surface area contributed by atoms with Crippen LogP contribution in [0.3, 0.4) is 0 Å². The zero-order valence-electron chi connectivity index (χ0n) is 19.1. The number of aromatic nitrogens is 4. The maximum absolute atomic E-state index is 6.08. The van der Waals surface area contributed by atoms with E-state index in [-0.39, 0.29) is 0 Å². The van der Waals surface area contributed by atoms with Gasteiger partial charge in [-0.3, -0.25) is 4.57 Å². The van der Waals surface area contributed by atoms with Gasteiger partial charge in [0.2, 0.25) is 0 Å². The SMILES string of the molecule is C[Si](C)(C)CCOCn1cc(-c2ccc3c(c2)-c2nc(Br)c(-c4ccccc4)n2CO3)cn1. The summed E-state index contributed by atoms with van der Waals surface area (Å²) in [4.78, 5) is 4.84. The van der Waals surface area contributed by atoms with Crippen LogP contribution in [0.2, 0.25) is 25.7 Å². The molecule has 0 atom stereocenters. The average molecular weight is 524 g/mol. The highest BCUT2D eigenvalue weighted by Gasteiger charge is 2.25. The summed E-state index contributed by atoms with van der Waals surface area (Å²) in [6.07, 6.45) is 3.91. The lowest BCUT2D eigenvalue weighted by molar-refractivity contribution is 0.0786. The molecule has 0 saturated carbocycles. The van der Waals surface area contributed by atoms with Crippen molar-refractivity contribution >= 4 is 24.0 Å². The number of ether oxygens (including phenoxy) is 2. The van der Waals surface area contributed by atoms with Crippen molar-refractivity contribution in [3.8, 4) is 39.5 Å². The van der Waals surface area contributed by atoms with E-state index in [1.165, 1.54) is 0 Å². The Labute approximate surface area is 203 Å². The van der Waals surface area contributed by atoms with E-state index in [4.69, 9.17) is 14.5 Å². The van der Waals surface area contributed by atoms with Crippen LogP contribution in [0, 0.1) is 0 Å². The Bertz CT molecular complexity index is 1280. The molecule has 6 nitrogen and oxygen atoms in total. The van der Waals surface area contributed by atoms with E-state index < -0.39 is 8.07 Å². The molecule has 4 aromatic rings. The third-order valence-electron chi connectivity index (χ3n) is 5.73. The van der Waals surface area contributed by atoms with Crippen LogP contribution in [0.1, 0.15) is 0 Å². The molecule has 0 fully saturated rings. The van der Waals surface area contributed by atoms with Gasteiger partial charge in [0.05, 0.1) is 17.5 Å². The van der Waals surface area contributed by atoms with Gasteiger partial charge in [-0.2, -0.15) is 5.10 Å². The molecular formula is C25H27BrN4O2Si. The number of rotatable bonds is 7. The molecule has 0 aliphatic carbocycles. The minimum Gasteiger partial charge on any atom is -0.472 e. The normalized spacial score (nSPS) is 12.8. The summed E-state index contributed by atoms with van der Waals surface area (Å²) in [5, 5.41) is 4.48. The van der Waals surface area contributed by atoms with Crippen molar-refractivity contribution in [1.29, 1.82) is 0 Å². The van der Waals surface area contributed by atoms with Crippen LogP contribution < -0.4 is 4.74 Å². The van der Waals surface area contributed by atoms with Gasteiger partial charge >= 0.3 is 0 Å². The molecule has 0 amide bonds. The van der Waals surface area contributed by atoms with Gasteiger partial charge in [-0.15, -0.1) is 0 Å². The van der Waals surface area contributed by atoms with Crippen molar-refractivity contribution in [1.82, 2.24) is 19.3 Å². The quantitative estimate of drug-likeness (QED) is 0.205. The first kappa shape index (κ1) is 22.1. The summed E-state index contributed by atoms with van der Waals surface area (Å²) in [6, 6.07) is 17.6. The lowest BCUT2D eigenvalue weighted by Crippen LogP contribution is -2.22. The smallest absolute Gasteiger partial charge is 0.167 e. The number of benzene rings is 2. The summed E-state index contributed by atoms with van der Waals surface area (Å²) >= 11 is 3.66. The molecule has 2 aromatic heterocycles. The van der Waals surface area contributed by atoms with Crippen LogP contribution in [-0.4, -0.2) is 34.0 Å². The van der Waals surface area contributed by atoms with Crippen molar-refractivity contribution in [2.24, 2.45) is 0 Å². The molecule has 1 aliphatic rings. The first-order valence-corrected chi connectivity index (χ1v) is 15.6. The van der Waals surface area contributed by atoms with E-state index in [0.29, 0.717) is 13.5 Å². The number of imidazole rings is 1. The number of nitrogens with zero attached hydrogens (tertiary/aromatic N) is 4. The monoisotopic (exact) mass is 522 g/mol. The van der Waals surface area contributed by atoms with Crippen LogP contribution in [0.25, 0.3) is 33.8 Å². The summed E-state index contributed by atoms with van der Waals surface area (Å²) in [6.45, 7) is 8.74. The van der Waals surface area contributed by atoms with Gasteiger partial charge in [0.25, 0.3) is 0 Å². The lowest BCUT2D eigenvalue weighted by atomic mass is 10.0. The highest BCUT2D eigenvalue weighted by molar-refractivity contribution is 9.10. The van der Waals surface area contributed by atoms with Gasteiger partial charge in [0, 0.05) is 32.0 Å². The molecule has 5 rings (SSSR count). The molecule has 0 unspecified atom stereocenters. The highest BCUT2D eigenvalue weighted by Crippen LogP contribution is 2.41. The Morgan fingerprint density at radius 1 is 1.06 bits per heavy atom. The van der Waals surface area contributed by atoms with Gasteiger partial charge in [-0.1, -0.05) is 56.0 Å². The number of hydrogen-bond donors (Lipinski definition) is 0. The second-order valence-corrected chi connectivity index (χ2v) is 15.8. The maximum Gasteiger partial charge on any atom is 0.167 e. The second-order valence-electron chi connectivity index (χ2n) is 9.47. The fraction of sp³-hybridized carbons (Fsp3) is 0.280. The average Bonchev–Trinajstić information content (AvgIpc) is 3.40. The standard InChI is InChI=1S/C25H27BrN4O2Si/c1-33(2,3)12-11-31-16-29-15-20(14-27-29)19-9-10-22-21(13-19)25-28-24(26)23(30(25)17-32-22)18-7-5-4-6-8-18/h4-10,13-15H,11-12,16-17H2,1-3H3. The van der Waals surface area contributed by atoms with Crippen molar-refractivity contribution in [2.75, 3.05) is 6.61 Å². The van der Waals surface area contributed by atoms with Crippen LogP contribution in [0.4, 0.5) is 0 Å². The van der Waals surface area contributed by atoms with Crippen LogP contribution >= 0.6 is 15.9 Å². The van der Waals surface area contributed by atoms with Crippen molar-refractivity contribution < 1.29 is 9.47 Å². The zero-order valence-corrected chi connectivity index (χ0v) is 21.7. The fourth-order valence-corrected chi connectivity index (χ4v) is 5.26. The maximum atomic E-state index is 6.08. The molecule has 170 valence electrons. The first-order valence-electron chi connectivity index (χ1n) is 11.1. The minimum absolute atomic E-state index is 0.428. The molecule has 8 heteroatoms. The van der Waals surface area contributed by atoms with Crippen molar-refractivity contribution in [3.05, 3.63) is 65.5 Å². The lowest BCUT2D eigenvalue weighted by Gasteiger charge is -2.21. The summed E-state index contributed by atoms with van der Waals surface area (Å²) in [5.74, 6) is 1.73. The zero-order chi connectivity index (χ0) is 23.0. The summed E-state index contributed by atoms with van der Waals surface area (Å²) in [7, 11) is -1.09. The van der Waals surface area contributed by atoms with Gasteiger partial charge < -0.3 is 9.47 Å². The number of fused-ring (bicyclic) bond motifs is 3. The Kier molecular flexibility index (Phi) is 5.99. The Morgan fingerprint density at radius 2 is 1.88 bits per heavy atom. The topological polar surface area (TPSA) is 54.1 Å². The van der Waals surface area contributed by atoms with Crippen LogP contribution in [0.5, 0.6) is 5.75 Å². The number of hydrogen-bond acceptors (Lipinski definition) is 4. The van der Waals surface area contributed by atoms with Crippen molar-refractivity contribution in [2.45, 2.75) is 39.1 Å². The van der Waals surface area contributed by atoms with E-state index in [1.54, 1.807) is 0 Å². The molecule has 1 aliphatic heterocycles. The van der Waals surface area contributed by atoms with Gasteiger partial charge in [0.1, 0.15) is 22.9 Å². The highest BCUT2D eigenvalue weighted by atomic mass is 79.9. The van der Waals surface area contributed by atoms with Crippen molar-refractivity contribution in [3.63, 3.8) is 0 Å². The molecule has 0 spiro atoms. The van der Waals surface area contributed by atoms with E-state index in [9.17, 15) is 0 Å². The van der Waals surface area contributed by atoms with Crippen LogP contribution in [0.15, 0.2) is 65.5 Å². The summed E-state index contributed by atoms with van der Waals surface area (Å²) in [5.41, 5.74) is 5.20. The summed E-state index contributed by atoms with van der Waals surface area (Å²) < 4.78 is 16.7. The Balaban J connectivity index is 1.40. The van der Waals surface area contributed by atoms with E-state index >= 15 is 0 Å². The Morgan fingerprint density at radius 3 is 2.67 bits per heavy atom. The Hall–Kier alpha value is -2.68. The molecule has 0 saturated heterocycles. The number of halogens is 1. The third kappa shape index (κ3) is 4.69. The van der Waals surface area contributed by atoms with Gasteiger partial charge in [-0.25, -0.2) is 9.67 Å². The molecule has 3 heterocycles. The molecule has 2 aromatic carbocycles. The van der Waals surface area contributed by atoms with Gasteiger partial charge in [0.15, 0.2) is 6.73 Å². The fourth-order valence-electron chi connectivity index (χ4n) is 3.89. The first-order chi connectivity index (χ1) is 15.9. The van der Waals surface area contributed by atoms with E-state index in [0.717, 1.165) is 56.8 Å². The molecular weight excluding hydrogens is 496 g/mol. The molecule has 33 heavy (non-hydrogen) atoms. The van der Waals surface area contributed by atoms with E-state index in [1.807, 2.05) is 41.3 Å². The molecule has 0 N–H and O–H groups in total. The third-order valence-corrected chi connectivity index (χ3v) is 7.99. The molecule has 0 bridgehead atoms. The predicted molar refractivity (Wildman–Crippen MR) is 137 cm³/mol.